The molecule has 0 heterocycles. The summed E-state index contributed by atoms with van der Waals surface area (Å²) in [7, 11) is 0. The van der Waals surface area contributed by atoms with Crippen molar-refractivity contribution < 1.29 is 29.9 Å². The van der Waals surface area contributed by atoms with Crippen molar-refractivity contribution in [1.82, 2.24) is 0 Å². The number of phenols is 4. The van der Waals surface area contributed by atoms with Crippen molar-refractivity contribution in [3.05, 3.63) is 144 Å². The summed E-state index contributed by atoms with van der Waals surface area (Å²) in [5, 5.41) is 40.1. The normalized spacial score (nSPS) is 12.7. The molecule has 222 valence electrons. The lowest BCUT2D eigenvalue weighted by molar-refractivity contribution is 0.434. The van der Waals surface area contributed by atoms with Gasteiger partial charge in [-0.1, -0.05) is 72.8 Å². The Balaban J connectivity index is 1.32. The van der Waals surface area contributed by atoms with Crippen molar-refractivity contribution in [3.63, 3.8) is 0 Å². The number of hydrogen-bond acceptors (Lipinski definition) is 8. The second-order valence-electron chi connectivity index (χ2n) is 10.8. The molecule has 0 fully saturated rings. The summed E-state index contributed by atoms with van der Waals surface area (Å²) in [6.45, 7) is 0. The number of ether oxygens (including phenoxy) is 2. The quantitative estimate of drug-likeness (QED) is 0.0847. The highest BCUT2D eigenvalue weighted by molar-refractivity contribution is 5.86. The Morgan fingerprint density at radius 3 is 1.11 bits per heavy atom. The van der Waals surface area contributed by atoms with Crippen molar-refractivity contribution in [2.45, 2.75) is 5.41 Å². The topological polar surface area (TPSA) is 151 Å². The van der Waals surface area contributed by atoms with Gasteiger partial charge in [0.15, 0.2) is 0 Å². The smallest absolute Gasteiger partial charge is 0.146 e. The van der Waals surface area contributed by atoms with E-state index in [0.29, 0.717) is 11.5 Å². The van der Waals surface area contributed by atoms with Crippen LogP contribution >= 0.6 is 0 Å². The summed E-state index contributed by atoms with van der Waals surface area (Å²) < 4.78 is 11.9. The number of fused-ring (bicyclic) bond motifs is 3. The maximum atomic E-state index is 10.0. The third-order valence-corrected chi connectivity index (χ3v) is 8.22. The Bertz CT molecular complexity index is 1880. The zero-order chi connectivity index (χ0) is 31.3. The highest BCUT2D eigenvalue weighted by Crippen LogP contribution is 2.56. The van der Waals surface area contributed by atoms with E-state index in [1.54, 1.807) is 0 Å². The van der Waals surface area contributed by atoms with Crippen LogP contribution in [0.4, 0.5) is 11.4 Å². The van der Waals surface area contributed by atoms with Crippen LogP contribution in [0, 0.1) is 0 Å². The van der Waals surface area contributed by atoms with E-state index in [0.717, 1.165) is 33.4 Å². The molecule has 0 amide bonds. The first-order chi connectivity index (χ1) is 21.8. The Kier molecular flexibility index (Phi) is 6.41. The van der Waals surface area contributed by atoms with E-state index >= 15 is 0 Å². The summed E-state index contributed by atoms with van der Waals surface area (Å²) >= 11 is 0. The fourth-order valence-electron chi connectivity index (χ4n) is 6.16. The third kappa shape index (κ3) is 4.47. The molecule has 0 unspecified atom stereocenters. The summed E-state index contributed by atoms with van der Waals surface area (Å²) in [5.74, 6) is 0.448. The summed E-state index contributed by atoms with van der Waals surface area (Å²) in [6.07, 6.45) is 0. The van der Waals surface area contributed by atoms with Gasteiger partial charge in [-0.3, -0.25) is 0 Å². The lowest BCUT2D eigenvalue weighted by Crippen LogP contribution is -2.28. The number of anilines is 2. The number of nitrogen functional groups attached to an aromatic ring is 2. The maximum Gasteiger partial charge on any atom is 0.146 e. The molecule has 1 aliphatic rings. The highest BCUT2D eigenvalue weighted by Gasteiger charge is 2.45. The van der Waals surface area contributed by atoms with Crippen LogP contribution in [0.3, 0.4) is 0 Å². The van der Waals surface area contributed by atoms with Gasteiger partial charge < -0.3 is 41.4 Å². The van der Waals surface area contributed by atoms with Crippen molar-refractivity contribution >= 4 is 11.4 Å². The van der Waals surface area contributed by atoms with E-state index in [2.05, 4.69) is 24.3 Å². The van der Waals surface area contributed by atoms with Gasteiger partial charge in [-0.2, -0.15) is 0 Å². The van der Waals surface area contributed by atoms with Crippen LogP contribution in [0.1, 0.15) is 22.3 Å². The molecule has 8 nitrogen and oxygen atoms in total. The van der Waals surface area contributed by atoms with Gasteiger partial charge in [0.2, 0.25) is 0 Å². The number of rotatable bonds is 6. The second kappa shape index (κ2) is 10.5. The Morgan fingerprint density at radius 1 is 0.422 bits per heavy atom. The molecule has 0 aromatic heterocycles. The van der Waals surface area contributed by atoms with Crippen LogP contribution < -0.4 is 20.9 Å². The number of benzene rings is 6. The monoisotopic (exact) mass is 596 g/mol. The van der Waals surface area contributed by atoms with Crippen molar-refractivity contribution in [3.8, 4) is 57.1 Å². The van der Waals surface area contributed by atoms with Crippen LogP contribution in [0.5, 0.6) is 46.0 Å². The van der Waals surface area contributed by atoms with Gasteiger partial charge in [0.25, 0.3) is 0 Å². The van der Waals surface area contributed by atoms with E-state index in [1.165, 1.54) is 24.3 Å². The molecule has 45 heavy (non-hydrogen) atoms. The minimum atomic E-state index is -0.681. The fourth-order valence-corrected chi connectivity index (χ4v) is 6.16. The molecule has 6 aromatic rings. The molecule has 6 aromatic carbocycles. The first-order valence-electron chi connectivity index (χ1n) is 14.1. The molecule has 8 N–H and O–H groups in total. The lowest BCUT2D eigenvalue weighted by atomic mass is 9.68. The SMILES string of the molecule is Nc1c(O)cc(Oc2ccc(C3(c4ccc(Oc5cc(O)c(N)c(O)c5)cc4)c4ccccc4-c4ccccc43)cc2)cc1O. The summed E-state index contributed by atoms with van der Waals surface area (Å²) in [6, 6.07) is 37.5. The zero-order valence-electron chi connectivity index (χ0n) is 23.8. The van der Waals surface area contributed by atoms with Crippen LogP contribution in [-0.2, 0) is 5.41 Å². The molecule has 0 atom stereocenters. The molecule has 7 rings (SSSR count). The average Bonchev–Trinajstić information content (AvgIpc) is 3.34. The van der Waals surface area contributed by atoms with E-state index < -0.39 is 5.41 Å². The van der Waals surface area contributed by atoms with Crippen LogP contribution in [0.25, 0.3) is 11.1 Å². The van der Waals surface area contributed by atoms with E-state index in [1.807, 2.05) is 72.8 Å². The van der Waals surface area contributed by atoms with E-state index in [-0.39, 0.29) is 45.9 Å². The molecule has 1 aliphatic carbocycles. The van der Waals surface area contributed by atoms with Gasteiger partial charge in [0.1, 0.15) is 57.4 Å². The van der Waals surface area contributed by atoms with Gasteiger partial charge in [-0.15, -0.1) is 0 Å². The molecule has 0 saturated carbocycles. The molecule has 0 bridgehead atoms. The standard InChI is InChI=1S/C37H28N2O6/c38-35-31(40)17-25(18-32(35)41)44-23-13-9-21(10-14-23)37(29-7-3-1-5-27(29)28-6-2-4-8-30(28)37)22-11-15-24(16-12-22)45-26-19-33(42)36(39)34(43)20-26/h1-20,40-43H,38-39H2. The first kappa shape index (κ1) is 27.5. The van der Waals surface area contributed by atoms with Gasteiger partial charge >= 0.3 is 0 Å². The highest BCUT2D eigenvalue weighted by atomic mass is 16.5. The van der Waals surface area contributed by atoms with Gasteiger partial charge in [0, 0.05) is 24.3 Å². The molecular weight excluding hydrogens is 568 g/mol. The van der Waals surface area contributed by atoms with Gasteiger partial charge in [0.05, 0.1) is 5.41 Å². The average molecular weight is 597 g/mol. The number of aromatic hydroxyl groups is 4. The minimum absolute atomic E-state index is 0.112. The summed E-state index contributed by atoms with van der Waals surface area (Å²) in [4.78, 5) is 0. The third-order valence-electron chi connectivity index (χ3n) is 8.22. The lowest BCUT2D eigenvalue weighted by Gasteiger charge is -2.34. The van der Waals surface area contributed by atoms with E-state index in [4.69, 9.17) is 20.9 Å². The number of phenolic OH excluding ortho intramolecular Hbond substituents is 4. The number of nitrogens with two attached hydrogens (primary N) is 2. The predicted octanol–water partition coefficient (Wildman–Crippen LogP) is 7.62. The Morgan fingerprint density at radius 2 is 0.756 bits per heavy atom. The van der Waals surface area contributed by atoms with Gasteiger partial charge in [-0.05, 0) is 57.6 Å². The molecule has 0 radical (unpaired) electrons. The molecule has 0 saturated heterocycles. The largest absolute Gasteiger partial charge is 0.506 e. The van der Waals surface area contributed by atoms with Crippen molar-refractivity contribution in [2.24, 2.45) is 0 Å². The van der Waals surface area contributed by atoms with Crippen molar-refractivity contribution in [2.75, 3.05) is 11.5 Å². The van der Waals surface area contributed by atoms with Crippen LogP contribution in [0.15, 0.2) is 121 Å². The minimum Gasteiger partial charge on any atom is -0.506 e. The molecule has 0 spiro atoms. The van der Waals surface area contributed by atoms with Crippen LogP contribution in [-0.4, -0.2) is 20.4 Å². The molecule has 8 heteroatoms. The summed E-state index contributed by atoms with van der Waals surface area (Å²) in [5.41, 5.74) is 16.9. The van der Waals surface area contributed by atoms with Gasteiger partial charge in [-0.25, -0.2) is 0 Å². The molecular formula is C37H28N2O6. The maximum absolute atomic E-state index is 10.0. The predicted molar refractivity (Wildman–Crippen MR) is 172 cm³/mol. The first-order valence-corrected chi connectivity index (χ1v) is 14.1. The Hall–Kier alpha value is -6.28. The van der Waals surface area contributed by atoms with Crippen LogP contribution in [0.2, 0.25) is 0 Å². The zero-order valence-corrected chi connectivity index (χ0v) is 23.8. The molecule has 0 aliphatic heterocycles. The Labute approximate surface area is 258 Å². The fraction of sp³-hybridized carbons (Fsp3) is 0.0270. The second-order valence-corrected chi connectivity index (χ2v) is 10.8. The van der Waals surface area contributed by atoms with Crippen molar-refractivity contribution in [1.29, 1.82) is 0 Å². The van der Waals surface area contributed by atoms with E-state index in [9.17, 15) is 20.4 Å². The number of hydrogen-bond donors (Lipinski definition) is 6.